The second kappa shape index (κ2) is 5.74. The third kappa shape index (κ3) is 3.10. The van der Waals surface area contributed by atoms with Gasteiger partial charge in [-0.15, -0.1) is 0 Å². The van der Waals surface area contributed by atoms with Crippen molar-refractivity contribution in [3.63, 3.8) is 0 Å². The summed E-state index contributed by atoms with van der Waals surface area (Å²) in [6.45, 7) is 2.07. The Morgan fingerprint density at radius 1 is 1.36 bits per heavy atom. The molecule has 0 atom stereocenters. The van der Waals surface area contributed by atoms with Crippen LogP contribution in [0.5, 0.6) is 0 Å². The van der Waals surface area contributed by atoms with Crippen LogP contribution in [0.1, 0.15) is 5.69 Å². The van der Waals surface area contributed by atoms with E-state index in [1.165, 1.54) is 0 Å². The summed E-state index contributed by atoms with van der Waals surface area (Å²) in [4.78, 5) is 5.99. The molecule has 0 aliphatic heterocycles. The van der Waals surface area contributed by atoms with Crippen LogP contribution in [0.25, 0.3) is 0 Å². The van der Waals surface area contributed by atoms with Crippen LogP contribution in [0.15, 0.2) is 12.5 Å². The van der Waals surface area contributed by atoms with Gasteiger partial charge < -0.3 is 14.8 Å². The van der Waals surface area contributed by atoms with E-state index in [1.807, 2.05) is 16.5 Å². The molecule has 1 aromatic heterocycles. The van der Waals surface area contributed by atoms with Gasteiger partial charge in [0, 0.05) is 32.9 Å². The Labute approximate surface area is 83.6 Å². The van der Waals surface area contributed by atoms with E-state index in [0.29, 0.717) is 19.6 Å². The third-order valence-corrected chi connectivity index (χ3v) is 2.13. The van der Waals surface area contributed by atoms with Crippen molar-refractivity contribution in [1.29, 1.82) is 0 Å². The highest BCUT2D eigenvalue weighted by molar-refractivity contribution is 4.97. The number of hydrogen-bond acceptors (Lipinski definition) is 4. The summed E-state index contributed by atoms with van der Waals surface area (Å²) in [6, 6.07) is 0. The molecule has 0 saturated heterocycles. The largest absolute Gasteiger partial charge is 0.395 e. The fourth-order valence-corrected chi connectivity index (χ4v) is 1.32. The number of aliphatic hydroxyl groups is 2. The van der Waals surface area contributed by atoms with Crippen molar-refractivity contribution in [3.05, 3.63) is 18.2 Å². The zero-order chi connectivity index (χ0) is 10.4. The Bertz CT molecular complexity index is 256. The molecule has 0 bridgehead atoms. The molecule has 0 aromatic carbocycles. The maximum Gasteiger partial charge on any atom is 0.0945 e. The predicted molar refractivity (Wildman–Crippen MR) is 52.7 cm³/mol. The fourth-order valence-electron chi connectivity index (χ4n) is 1.32. The van der Waals surface area contributed by atoms with E-state index in [1.54, 1.807) is 12.5 Å². The van der Waals surface area contributed by atoms with Crippen LogP contribution in [0, 0.1) is 0 Å². The molecule has 0 aliphatic rings. The predicted octanol–water partition coefficient (Wildman–Crippen LogP) is -0.793. The smallest absolute Gasteiger partial charge is 0.0945 e. The number of rotatable bonds is 6. The number of aliphatic hydroxyl groups excluding tert-OH is 2. The fraction of sp³-hybridized carbons (Fsp3) is 0.667. The van der Waals surface area contributed by atoms with Crippen molar-refractivity contribution in [2.24, 2.45) is 7.05 Å². The Hall–Kier alpha value is -0.910. The van der Waals surface area contributed by atoms with Crippen LogP contribution < -0.4 is 0 Å². The summed E-state index contributed by atoms with van der Waals surface area (Å²) in [6.07, 6.45) is 3.53. The number of aromatic nitrogens is 2. The van der Waals surface area contributed by atoms with Crippen LogP contribution in [-0.4, -0.2) is 51.0 Å². The lowest BCUT2D eigenvalue weighted by Gasteiger charge is -2.19. The van der Waals surface area contributed by atoms with E-state index in [-0.39, 0.29) is 13.2 Å². The van der Waals surface area contributed by atoms with Gasteiger partial charge in [0.05, 0.1) is 25.2 Å². The number of imidazole rings is 1. The molecule has 0 aliphatic carbocycles. The molecule has 0 spiro atoms. The van der Waals surface area contributed by atoms with Gasteiger partial charge in [-0.25, -0.2) is 4.98 Å². The third-order valence-electron chi connectivity index (χ3n) is 2.13. The first-order chi connectivity index (χ1) is 6.77. The van der Waals surface area contributed by atoms with Gasteiger partial charge in [0.2, 0.25) is 0 Å². The molecule has 5 heteroatoms. The van der Waals surface area contributed by atoms with Crippen LogP contribution in [0.2, 0.25) is 0 Å². The Morgan fingerprint density at radius 3 is 2.43 bits per heavy atom. The zero-order valence-electron chi connectivity index (χ0n) is 8.43. The van der Waals surface area contributed by atoms with E-state index in [4.69, 9.17) is 10.2 Å². The van der Waals surface area contributed by atoms with Gasteiger partial charge in [-0.05, 0) is 0 Å². The zero-order valence-corrected chi connectivity index (χ0v) is 8.43. The molecule has 0 radical (unpaired) electrons. The minimum absolute atomic E-state index is 0.109. The topological polar surface area (TPSA) is 61.5 Å². The molecule has 2 N–H and O–H groups in total. The lowest BCUT2D eigenvalue weighted by molar-refractivity contribution is 0.154. The lowest BCUT2D eigenvalue weighted by Crippen LogP contribution is -2.30. The molecule has 14 heavy (non-hydrogen) atoms. The average Bonchev–Trinajstić information content (AvgIpc) is 2.53. The van der Waals surface area contributed by atoms with Gasteiger partial charge >= 0.3 is 0 Å². The quantitative estimate of drug-likeness (QED) is 0.630. The monoisotopic (exact) mass is 199 g/mol. The van der Waals surface area contributed by atoms with E-state index < -0.39 is 0 Å². The molecule has 0 saturated carbocycles. The minimum Gasteiger partial charge on any atom is -0.395 e. The van der Waals surface area contributed by atoms with E-state index in [9.17, 15) is 0 Å². The van der Waals surface area contributed by atoms with Crippen molar-refractivity contribution in [1.82, 2.24) is 14.5 Å². The van der Waals surface area contributed by atoms with E-state index in [2.05, 4.69) is 4.98 Å². The van der Waals surface area contributed by atoms with Crippen molar-refractivity contribution < 1.29 is 10.2 Å². The lowest BCUT2D eigenvalue weighted by atomic mass is 10.4. The van der Waals surface area contributed by atoms with Gasteiger partial charge in [-0.2, -0.15) is 0 Å². The molecule has 0 fully saturated rings. The maximum atomic E-state index is 8.82. The SMILES string of the molecule is Cn1cncc1CN(CCO)CCO. The molecular formula is C9H17N3O2. The molecule has 0 unspecified atom stereocenters. The number of aryl methyl sites for hydroxylation is 1. The molecule has 0 amide bonds. The van der Waals surface area contributed by atoms with E-state index >= 15 is 0 Å². The van der Waals surface area contributed by atoms with Gasteiger partial charge in [-0.1, -0.05) is 0 Å². The summed E-state index contributed by atoms with van der Waals surface area (Å²) >= 11 is 0. The van der Waals surface area contributed by atoms with Gasteiger partial charge in [0.25, 0.3) is 0 Å². The van der Waals surface area contributed by atoms with Gasteiger partial charge in [-0.3, -0.25) is 4.90 Å². The first-order valence-corrected chi connectivity index (χ1v) is 4.67. The summed E-state index contributed by atoms with van der Waals surface area (Å²) in [5.74, 6) is 0. The standard InChI is InChI=1S/C9H17N3O2/c1-11-8-10-6-9(11)7-12(2-4-13)3-5-14/h6,8,13-14H,2-5,7H2,1H3. The maximum absolute atomic E-state index is 8.82. The Morgan fingerprint density at radius 2 is 2.00 bits per heavy atom. The molecule has 80 valence electrons. The first-order valence-electron chi connectivity index (χ1n) is 4.67. The second-order valence-corrected chi connectivity index (χ2v) is 3.22. The van der Waals surface area contributed by atoms with Crippen molar-refractivity contribution in [2.75, 3.05) is 26.3 Å². The first kappa shape index (κ1) is 11.2. The highest BCUT2D eigenvalue weighted by atomic mass is 16.3. The normalized spacial score (nSPS) is 11.1. The summed E-state index contributed by atoms with van der Waals surface area (Å²) in [5, 5.41) is 17.6. The second-order valence-electron chi connectivity index (χ2n) is 3.22. The van der Waals surface area contributed by atoms with E-state index in [0.717, 1.165) is 5.69 Å². The highest BCUT2D eigenvalue weighted by Gasteiger charge is 2.06. The van der Waals surface area contributed by atoms with Crippen molar-refractivity contribution in [2.45, 2.75) is 6.54 Å². The molecule has 1 heterocycles. The molecule has 5 nitrogen and oxygen atoms in total. The van der Waals surface area contributed by atoms with Crippen LogP contribution in [0.3, 0.4) is 0 Å². The minimum atomic E-state index is 0.109. The summed E-state index contributed by atoms with van der Waals surface area (Å²) in [7, 11) is 1.93. The number of nitrogens with zero attached hydrogens (tertiary/aromatic N) is 3. The highest BCUT2D eigenvalue weighted by Crippen LogP contribution is 2.01. The van der Waals surface area contributed by atoms with Crippen LogP contribution >= 0.6 is 0 Å². The molecule has 1 aromatic rings. The van der Waals surface area contributed by atoms with Crippen LogP contribution in [-0.2, 0) is 13.6 Å². The average molecular weight is 199 g/mol. The van der Waals surface area contributed by atoms with Gasteiger partial charge in [0.1, 0.15) is 0 Å². The summed E-state index contributed by atoms with van der Waals surface area (Å²) < 4.78 is 1.93. The van der Waals surface area contributed by atoms with Crippen molar-refractivity contribution in [3.8, 4) is 0 Å². The van der Waals surface area contributed by atoms with Gasteiger partial charge in [0.15, 0.2) is 0 Å². The van der Waals surface area contributed by atoms with Crippen LogP contribution in [0.4, 0.5) is 0 Å². The molecular weight excluding hydrogens is 182 g/mol. The molecule has 1 rings (SSSR count). The Balaban J connectivity index is 2.50. The Kier molecular flexibility index (Phi) is 4.58. The van der Waals surface area contributed by atoms with Crippen molar-refractivity contribution >= 4 is 0 Å². The number of hydrogen-bond donors (Lipinski definition) is 2. The summed E-state index contributed by atoms with van der Waals surface area (Å²) in [5.41, 5.74) is 1.08.